The van der Waals surface area contributed by atoms with Crippen LogP contribution in [0.2, 0.25) is 0 Å². The lowest BCUT2D eigenvalue weighted by Gasteiger charge is -2.40. The summed E-state index contributed by atoms with van der Waals surface area (Å²) in [5.41, 5.74) is -0.396. The summed E-state index contributed by atoms with van der Waals surface area (Å²) in [5, 5.41) is 1.80. The van der Waals surface area contributed by atoms with Crippen LogP contribution in [0.25, 0.3) is 0 Å². The molecule has 0 spiro atoms. The number of ether oxygens (including phenoxy) is 2. The second-order valence-electron chi connectivity index (χ2n) is 4.19. The molecule has 5 nitrogen and oxygen atoms in total. The van der Waals surface area contributed by atoms with E-state index < -0.39 is 5.60 Å². The zero-order valence-electron chi connectivity index (χ0n) is 9.10. The molecule has 2 aliphatic heterocycles. The van der Waals surface area contributed by atoms with Crippen molar-refractivity contribution >= 4 is 30.9 Å². The van der Waals surface area contributed by atoms with Crippen molar-refractivity contribution in [1.82, 2.24) is 5.06 Å². The van der Waals surface area contributed by atoms with Gasteiger partial charge < -0.3 is 12.5 Å². The average Bonchev–Trinajstić information content (AvgIpc) is 2.32. The SMILES string of the molecule is BC1OC2(COC)CN(C)OC1C2OI. The molecule has 0 N–H and O–H groups in total. The standard InChI is InChI=1S/C8H15BINO4/c1-11-3-8(4-12-2)6(14-10)5(15-11)7(9)13-8/h5-7H,3-4,9H2,1-2H3. The molecule has 7 heteroatoms. The Balaban J connectivity index is 2.24. The summed E-state index contributed by atoms with van der Waals surface area (Å²) in [5.74, 6) is 0. The summed E-state index contributed by atoms with van der Waals surface area (Å²) in [4.78, 5) is 5.69. The Morgan fingerprint density at radius 1 is 1.67 bits per heavy atom. The Hall–Kier alpha value is 0.595. The molecule has 86 valence electrons. The Morgan fingerprint density at radius 3 is 3.00 bits per heavy atom. The van der Waals surface area contributed by atoms with E-state index in [9.17, 15) is 0 Å². The molecule has 4 atom stereocenters. The highest BCUT2D eigenvalue weighted by molar-refractivity contribution is 14.1. The molecule has 0 aromatic heterocycles. The van der Waals surface area contributed by atoms with Crippen molar-refractivity contribution in [2.24, 2.45) is 0 Å². The van der Waals surface area contributed by atoms with Gasteiger partial charge in [-0.1, -0.05) is 0 Å². The molecular formula is C8H15BINO4. The van der Waals surface area contributed by atoms with E-state index in [0.29, 0.717) is 13.2 Å². The third-order valence-electron chi connectivity index (χ3n) is 2.98. The van der Waals surface area contributed by atoms with Crippen LogP contribution in [-0.4, -0.2) is 64.0 Å². The Kier molecular flexibility index (Phi) is 3.59. The van der Waals surface area contributed by atoms with Crippen molar-refractivity contribution in [2.45, 2.75) is 23.8 Å². The van der Waals surface area contributed by atoms with Gasteiger partial charge in [0.2, 0.25) is 0 Å². The Labute approximate surface area is 104 Å². The fourth-order valence-electron chi connectivity index (χ4n) is 2.48. The van der Waals surface area contributed by atoms with Crippen molar-refractivity contribution in [3.8, 4) is 0 Å². The van der Waals surface area contributed by atoms with E-state index in [-0.39, 0.29) is 18.2 Å². The first-order valence-electron chi connectivity index (χ1n) is 4.95. The molecule has 2 bridgehead atoms. The monoisotopic (exact) mass is 327 g/mol. The maximum atomic E-state index is 5.97. The molecule has 0 radical (unpaired) electrons. The molecule has 2 aliphatic rings. The number of fused-ring (bicyclic) bond motifs is 2. The molecule has 2 rings (SSSR count). The third kappa shape index (κ3) is 1.93. The molecular weight excluding hydrogens is 312 g/mol. The van der Waals surface area contributed by atoms with Gasteiger partial charge in [0.05, 0.1) is 19.2 Å². The van der Waals surface area contributed by atoms with E-state index >= 15 is 0 Å². The molecule has 2 fully saturated rings. The van der Waals surface area contributed by atoms with Gasteiger partial charge in [0.1, 0.15) is 48.7 Å². The first-order valence-corrected chi connectivity index (χ1v) is 5.83. The number of halogens is 1. The van der Waals surface area contributed by atoms with Crippen molar-refractivity contribution in [2.75, 3.05) is 27.3 Å². The number of nitrogens with zero attached hydrogens (tertiary/aromatic N) is 1. The van der Waals surface area contributed by atoms with Crippen LogP contribution in [0.1, 0.15) is 0 Å². The summed E-state index contributed by atoms with van der Waals surface area (Å²) >= 11 is 1.91. The summed E-state index contributed by atoms with van der Waals surface area (Å²) in [6.45, 7) is 1.19. The predicted octanol–water partition coefficient (Wildman–Crippen LogP) is -0.658. The van der Waals surface area contributed by atoms with E-state index in [1.54, 1.807) is 12.2 Å². The molecule has 2 heterocycles. The van der Waals surface area contributed by atoms with Crippen LogP contribution in [0, 0.1) is 0 Å². The maximum absolute atomic E-state index is 5.97. The van der Waals surface area contributed by atoms with Gasteiger partial charge >= 0.3 is 0 Å². The number of methoxy groups -OCH3 is 1. The average molecular weight is 327 g/mol. The van der Waals surface area contributed by atoms with Gasteiger partial charge in [-0.3, -0.25) is 4.84 Å². The zero-order chi connectivity index (χ0) is 11.1. The molecule has 0 saturated carbocycles. The summed E-state index contributed by atoms with van der Waals surface area (Å²) in [7, 11) is 5.59. The highest BCUT2D eigenvalue weighted by atomic mass is 127. The minimum Gasteiger partial charge on any atom is -0.382 e. The quantitative estimate of drug-likeness (QED) is 0.509. The molecule has 0 aliphatic carbocycles. The van der Waals surface area contributed by atoms with Crippen LogP contribution in [0.4, 0.5) is 0 Å². The first-order chi connectivity index (χ1) is 7.13. The molecule has 15 heavy (non-hydrogen) atoms. The minimum atomic E-state index is -0.396. The first kappa shape index (κ1) is 12.1. The molecule has 4 unspecified atom stereocenters. The lowest BCUT2D eigenvalue weighted by molar-refractivity contribution is -0.246. The number of hydrogen-bond acceptors (Lipinski definition) is 5. The predicted molar refractivity (Wildman–Crippen MR) is 64.4 cm³/mol. The molecule has 2 saturated heterocycles. The molecule has 0 amide bonds. The van der Waals surface area contributed by atoms with Crippen molar-refractivity contribution in [3.05, 3.63) is 0 Å². The summed E-state index contributed by atoms with van der Waals surface area (Å²) < 4.78 is 16.7. The van der Waals surface area contributed by atoms with Crippen LogP contribution in [-0.2, 0) is 17.4 Å². The third-order valence-corrected chi connectivity index (χ3v) is 3.52. The topological polar surface area (TPSA) is 40.2 Å². The fraction of sp³-hybridized carbons (Fsp3) is 1.00. The largest absolute Gasteiger partial charge is 0.382 e. The lowest BCUT2D eigenvalue weighted by Crippen LogP contribution is -2.59. The van der Waals surface area contributed by atoms with Crippen molar-refractivity contribution < 1.29 is 17.4 Å². The van der Waals surface area contributed by atoms with Crippen LogP contribution in [0.5, 0.6) is 0 Å². The van der Waals surface area contributed by atoms with Gasteiger partial charge in [0.15, 0.2) is 0 Å². The number of hydrogen-bond donors (Lipinski definition) is 0. The van der Waals surface area contributed by atoms with Gasteiger partial charge in [-0.2, -0.15) is 5.06 Å². The maximum Gasteiger partial charge on any atom is 0.142 e. The van der Waals surface area contributed by atoms with Crippen molar-refractivity contribution in [1.29, 1.82) is 0 Å². The van der Waals surface area contributed by atoms with E-state index in [1.165, 1.54) is 0 Å². The Bertz CT molecular complexity index is 243. The van der Waals surface area contributed by atoms with Crippen molar-refractivity contribution in [3.63, 3.8) is 0 Å². The lowest BCUT2D eigenvalue weighted by atomic mass is 9.88. The fourth-order valence-corrected chi connectivity index (χ4v) is 3.23. The van der Waals surface area contributed by atoms with E-state index in [0.717, 1.165) is 0 Å². The Morgan fingerprint density at radius 2 is 2.40 bits per heavy atom. The smallest absolute Gasteiger partial charge is 0.142 e. The van der Waals surface area contributed by atoms with Crippen LogP contribution in [0.3, 0.4) is 0 Å². The van der Waals surface area contributed by atoms with Gasteiger partial charge in [-0.05, 0) is 0 Å². The highest BCUT2D eigenvalue weighted by Gasteiger charge is 2.59. The van der Waals surface area contributed by atoms with Gasteiger partial charge in [0, 0.05) is 14.2 Å². The molecule has 0 aromatic rings. The number of likely N-dealkylation sites (N-methyl/N-ethyl adjacent to an activating group) is 1. The van der Waals surface area contributed by atoms with Crippen LogP contribution >= 0.6 is 23.0 Å². The summed E-state index contributed by atoms with van der Waals surface area (Å²) in [6, 6.07) is 0.0323. The van der Waals surface area contributed by atoms with Gasteiger partial charge in [-0.15, -0.1) is 0 Å². The number of rotatable bonds is 3. The zero-order valence-corrected chi connectivity index (χ0v) is 11.3. The normalized spacial score (nSPS) is 45.9. The minimum absolute atomic E-state index is 0.0323. The summed E-state index contributed by atoms with van der Waals surface area (Å²) in [6.07, 6.45) is -0.111. The van der Waals surface area contributed by atoms with Crippen LogP contribution in [0.15, 0.2) is 0 Å². The highest BCUT2D eigenvalue weighted by Crippen LogP contribution is 2.40. The van der Waals surface area contributed by atoms with E-state index in [2.05, 4.69) is 0 Å². The number of hydroxylamine groups is 2. The molecule has 0 aromatic carbocycles. The van der Waals surface area contributed by atoms with Crippen LogP contribution < -0.4 is 0 Å². The van der Waals surface area contributed by atoms with E-state index in [4.69, 9.17) is 17.4 Å². The second-order valence-corrected chi connectivity index (χ2v) is 4.70. The van der Waals surface area contributed by atoms with Gasteiger partial charge in [-0.25, -0.2) is 0 Å². The van der Waals surface area contributed by atoms with E-state index in [1.807, 2.05) is 37.9 Å². The van der Waals surface area contributed by atoms with Gasteiger partial charge in [0.25, 0.3) is 0 Å². The second kappa shape index (κ2) is 4.46.